The topological polar surface area (TPSA) is 67.2 Å². The molecule has 0 amide bonds. The molecule has 0 saturated carbocycles. The Morgan fingerprint density at radius 2 is 2.36 bits per heavy atom. The van der Waals surface area contributed by atoms with Gasteiger partial charge in [0.15, 0.2) is 0 Å². The first-order valence-corrected chi connectivity index (χ1v) is 4.47. The number of aromatic nitrogens is 2. The summed E-state index contributed by atoms with van der Waals surface area (Å²) in [4.78, 5) is 10.8. The first-order valence-electron chi connectivity index (χ1n) is 4.47. The Kier molecular flexibility index (Phi) is 3.24. The van der Waals surface area contributed by atoms with Crippen molar-refractivity contribution >= 4 is 5.97 Å². The second-order valence-corrected chi connectivity index (χ2v) is 3.34. The number of aliphatic carboxylic acids is 1. The molecule has 0 fully saturated rings. The van der Waals surface area contributed by atoms with Crippen molar-refractivity contribution < 1.29 is 9.90 Å². The van der Waals surface area contributed by atoms with Crippen LogP contribution in [0.15, 0.2) is 12.4 Å². The van der Waals surface area contributed by atoms with E-state index in [0.29, 0.717) is 0 Å². The van der Waals surface area contributed by atoms with Crippen LogP contribution in [0.1, 0.15) is 18.5 Å². The van der Waals surface area contributed by atoms with Gasteiger partial charge in [-0.05, 0) is 26.5 Å². The molecule has 0 aromatic carbocycles. The van der Waals surface area contributed by atoms with E-state index in [1.54, 1.807) is 17.9 Å². The van der Waals surface area contributed by atoms with E-state index in [-0.39, 0.29) is 6.04 Å². The largest absolute Gasteiger partial charge is 0.480 e. The lowest BCUT2D eigenvalue weighted by Gasteiger charge is -2.19. The standard InChI is InChI=1S/C9H15N3O2/c1-6-4-11-12(5-6)7(2)8(10-3)9(13)14/h4-5,7-8,10H,1-3H3,(H,13,14). The zero-order chi connectivity index (χ0) is 10.7. The zero-order valence-electron chi connectivity index (χ0n) is 8.56. The molecular formula is C9H15N3O2. The van der Waals surface area contributed by atoms with Gasteiger partial charge in [-0.25, -0.2) is 0 Å². The van der Waals surface area contributed by atoms with Crippen LogP contribution in [0.3, 0.4) is 0 Å². The fourth-order valence-electron chi connectivity index (χ4n) is 1.38. The maximum atomic E-state index is 10.8. The minimum absolute atomic E-state index is 0.203. The summed E-state index contributed by atoms with van der Waals surface area (Å²) in [7, 11) is 1.63. The quantitative estimate of drug-likeness (QED) is 0.734. The van der Waals surface area contributed by atoms with Crippen molar-refractivity contribution in [3.05, 3.63) is 18.0 Å². The zero-order valence-corrected chi connectivity index (χ0v) is 8.56. The minimum Gasteiger partial charge on any atom is -0.480 e. The van der Waals surface area contributed by atoms with Crippen LogP contribution in [0.5, 0.6) is 0 Å². The van der Waals surface area contributed by atoms with E-state index in [9.17, 15) is 4.79 Å². The molecule has 0 spiro atoms. The summed E-state index contributed by atoms with van der Waals surface area (Å²) in [5.41, 5.74) is 1.03. The van der Waals surface area contributed by atoms with Gasteiger partial charge >= 0.3 is 5.97 Å². The molecule has 78 valence electrons. The summed E-state index contributed by atoms with van der Waals surface area (Å²) in [5, 5.41) is 15.7. The molecule has 1 aromatic rings. The lowest BCUT2D eigenvalue weighted by atomic mass is 10.1. The van der Waals surface area contributed by atoms with Crippen LogP contribution in [-0.2, 0) is 4.79 Å². The maximum absolute atomic E-state index is 10.8. The lowest BCUT2D eigenvalue weighted by molar-refractivity contribution is -0.140. The second-order valence-electron chi connectivity index (χ2n) is 3.34. The molecule has 2 atom stereocenters. The molecule has 0 aliphatic heterocycles. The molecule has 1 heterocycles. The molecule has 0 bridgehead atoms. The molecule has 5 heteroatoms. The predicted molar refractivity (Wildman–Crippen MR) is 52.2 cm³/mol. The van der Waals surface area contributed by atoms with Gasteiger partial charge in [-0.15, -0.1) is 0 Å². The van der Waals surface area contributed by atoms with Crippen molar-refractivity contribution in [1.82, 2.24) is 15.1 Å². The number of likely N-dealkylation sites (N-methyl/N-ethyl adjacent to an activating group) is 1. The third-order valence-corrected chi connectivity index (χ3v) is 2.21. The summed E-state index contributed by atoms with van der Waals surface area (Å²) >= 11 is 0. The van der Waals surface area contributed by atoms with Crippen LogP contribution < -0.4 is 5.32 Å². The molecular weight excluding hydrogens is 182 g/mol. The molecule has 0 aliphatic rings. The van der Waals surface area contributed by atoms with Crippen LogP contribution in [0, 0.1) is 6.92 Å². The van der Waals surface area contributed by atoms with Crippen LogP contribution in [0.2, 0.25) is 0 Å². The van der Waals surface area contributed by atoms with Gasteiger partial charge in [-0.3, -0.25) is 9.48 Å². The van der Waals surface area contributed by atoms with Crippen molar-refractivity contribution in [2.75, 3.05) is 7.05 Å². The fraction of sp³-hybridized carbons (Fsp3) is 0.556. The minimum atomic E-state index is -0.867. The number of hydrogen-bond donors (Lipinski definition) is 2. The molecule has 0 aliphatic carbocycles. The third-order valence-electron chi connectivity index (χ3n) is 2.21. The predicted octanol–water partition coefficient (Wildman–Crippen LogP) is 0.425. The van der Waals surface area contributed by atoms with Crippen LogP contribution in [0.25, 0.3) is 0 Å². The van der Waals surface area contributed by atoms with Gasteiger partial charge in [-0.1, -0.05) is 0 Å². The Labute approximate surface area is 82.7 Å². The molecule has 2 unspecified atom stereocenters. The van der Waals surface area contributed by atoms with Crippen LogP contribution in [-0.4, -0.2) is 33.9 Å². The van der Waals surface area contributed by atoms with E-state index < -0.39 is 12.0 Å². The summed E-state index contributed by atoms with van der Waals surface area (Å²) < 4.78 is 1.66. The van der Waals surface area contributed by atoms with E-state index in [4.69, 9.17) is 5.11 Å². The highest BCUT2D eigenvalue weighted by molar-refractivity contribution is 5.74. The highest BCUT2D eigenvalue weighted by atomic mass is 16.4. The first-order chi connectivity index (χ1) is 6.56. The second kappa shape index (κ2) is 4.23. The molecule has 1 rings (SSSR count). The van der Waals surface area contributed by atoms with Gasteiger partial charge in [0, 0.05) is 6.20 Å². The SMILES string of the molecule is CNC(C(=O)O)C(C)n1cc(C)cn1. The molecule has 1 aromatic heterocycles. The third kappa shape index (κ3) is 2.11. The van der Waals surface area contributed by atoms with Crippen molar-refractivity contribution in [2.24, 2.45) is 0 Å². The average molecular weight is 197 g/mol. The van der Waals surface area contributed by atoms with Crippen molar-refractivity contribution in [1.29, 1.82) is 0 Å². The van der Waals surface area contributed by atoms with E-state index in [2.05, 4.69) is 10.4 Å². The Morgan fingerprint density at radius 3 is 2.71 bits per heavy atom. The highest BCUT2D eigenvalue weighted by Gasteiger charge is 2.24. The summed E-state index contributed by atoms with van der Waals surface area (Å²) in [5.74, 6) is -0.867. The van der Waals surface area contributed by atoms with Gasteiger partial charge < -0.3 is 10.4 Å². The van der Waals surface area contributed by atoms with Crippen LogP contribution in [0.4, 0.5) is 0 Å². The number of rotatable bonds is 4. The number of aryl methyl sites for hydroxylation is 1. The number of hydrogen-bond acceptors (Lipinski definition) is 3. The Hall–Kier alpha value is -1.36. The first kappa shape index (κ1) is 10.7. The van der Waals surface area contributed by atoms with Crippen molar-refractivity contribution in [3.8, 4) is 0 Å². The number of carboxylic acid groups (broad SMARTS) is 1. The number of nitrogens with zero attached hydrogens (tertiary/aromatic N) is 2. The number of carbonyl (C=O) groups is 1. The van der Waals surface area contributed by atoms with Crippen molar-refractivity contribution in [3.63, 3.8) is 0 Å². The fourth-order valence-corrected chi connectivity index (χ4v) is 1.38. The molecule has 14 heavy (non-hydrogen) atoms. The summed E-state index contributed by atoms with van der Waals surface area (Å²) in [6.45, 7) is 3.74. The van der Waals surface area contributed by atoms with Gasteiger partial charge in [0.1, 0.15) is 6.04 Å². The Balaban J connectivity index is 2.82. The Bertz CT molecular complexity index is 322. The summed E-state index contributed by atoms with van der Waals surface area (Å²) in [6, 6.07) is -0.819. The Morgan fingerprint density at radius 1 is 1.71 bits per heavy atom. The van der Waals surface area contributed by atoms with Gasteiger partial charge in [0.05, 0.1) is 12.2 Å². The van der Waals surface area contributed by atoms with E-state index in [1.165, 1.54) is 0 Å². The molecule has 0 saturated heterocycles. The van der Waals surface area contributed by atoms with Crippen molar-refractivity contribution in [2.45, 2.75) is 25.9 Å². The van der Waals surface area contributed by atoms with E-state index in [0.717, 1.165) is 5.56 Å². The lowest BCUT2D eigenvalue weighted by Crippen LogP contribution is -2.40. The number of carboxylic acids is 1. The van der Waals surface area contributed by atoms with E-state index >= 15 is 0 Å². The molecule has 0 radical (unpaired) electrons. The van der Waals surface area contributed by atoms with Crippen LogP contribution >= 0.6 is 0 Å². The number of nitrogens with one attached hydrogen (secondary N) is 1. The summed E-state index contributed by atoms with van der Waals surface area (Å²) in [6.07, 6.45) is 3.54. The van der Waals surface area contributed by atoms with Gasteiger partial charge in [-0.2, -0.15) is 5.10 Å². The smallest absolute Gasteiger partial charge is 0.322 e. The van der Waals surface area contributed by atoms with Gasteiger partial charge in [0.25, 0.3) is 0 Å². The monoisotopic (exact) mass is 197 g/mol. The maximum Gasteiger partial charge on any atom is 0.322 e. The normalized spacial score (nSPS) is 15.1. The molecule has 2 N–H and O–H groups in total. The van der Waals surface area contributed by atoms with E-state index in [1.807, 2.05) is 20.0 Å². The molecule has 5 nitrogen and oxygen atoms in total. The average Bonchev–Trinajstić information content (AvgIpc) is 2.52. The highest BCUT2D eigenvalue weighted by Crippen LogP contribution is 2.10. The van der Waals surface area contributed by atoms with Gasteiger partial charge in [0.2, 0.25) is 0 Å².